The van der Waals surface area contributed by atoms with E-state index in [4.69, 9.17) is 5.11 Å². The van der Waals surface area contributed by atoms with Crippen LogP contribution in [-0.2, 0) is 9.59 Å². The van der Waals surface area contributed by atoms with Crippen LogP contribution >= 0.6 is 0 Å². The zero-order valence-corrected chi connectivity index (χ0v) is 13.4. The standard InChI is InChI=1S/C18H20N2O4/c1-12-13-6-2-3-7-14(13)17(24)20(12)11-15(21)19-18(10-16(22)23)8-4-5-9-18/h2-3,6-7H,1,4-5,8-11H2,(H,19,21)(H,22,23). The van der Waals surface area contributed by atoms with E-state index in [2.05, 4.69) is 11.9 Å². The topological polar surface area (TPSA) is 86.7 Å². The summed E-state index contributed by atoms with van der Waals surface area (Å²) in [5.41, 5.74) is 1.08. The summed E-state index contributed by atoms with van der Waals surface area (Å²) >= 11 is 0. The molecule has 1 aliphatic carbocycles. The number of rotatable bonds is 5. The van der Waals surface area contributed by atoms with Gasteiger partial charge in [-0.25, -0.2) is 0 Å². The molecule has 0 radical (unpaired) electrons. The molecule has 6 heteroatoms. The lowest BCUT2D eigenvalue weighted by atomic mass is 9.93. The van der Waals surface area contributed by atoms with Gasteiger partial charge in [0.1, 0.15) is 6.54 Å². The van der Waals surface area contributed by atoms with Gasteiger partial charge in [0.25, 0.3) is 5.91 Å². The van der Waals surface area contributed by atoms with E-state index < -0.39 is 11.5 Å². The van der Waals surface area contributed by atoms with Crippen molar-refractivity contribution in [2.24, 2.45) is 0 Å². The van der Waals surface area contributed by atoms with Gasteiger partial charge in [0.05, 0.1) is 12.0 Å². The zero-order chi connectivity index (χ0) is 17.3. The summed E-state index contributed by atoms with van der Waals surface area (Å²) in [7, 11) is 0. The number of carbonyl (C=O) groups is 3. The zero-order valence-electron chi connectivity index (χ0n) is 13.4. The minimum atomic E-state index is -0.925. The van der Waals surface area contributed by atoms with Gasteiger partial charge in [-0.2, -0.15) is 0 Å². The molecule has 2 amide bonds. The molecular formula is C18H20N2O4. The summed E-state index contributed by atoms with van der Waals surface area (Å²) in [6, 6.07) is 7.11. The predicted molar refractivity (Wildman–Crippen MR) is 88.1 cm³/mol. The van der Waals surface area contributed by atoms with E-state index in [1.165, 1.54) is 4.90 Å². The van der Waals surface area contributed by atoms with Crippen LogP contribution in [0.1, 0.15) is 48.0 Å². The quantitative estimate of drug-likeness (QED) is 0.866. The normalized spacial score (nSPS) is 18.6. The Labute approximate surface area is 140 Å². The Morgan fingerprint density at radius 2 is 1.83 bits per heavy atom. The monoisotopic (exact) mass is 328 g/mol. The number of nitrogens with one attached hydrogen (secondary N) is 1. The maximum atomic E-state index is 12.4. The largest absolute Gasteiger partial charge is 0.481 e. The third kappa shape index (κ3) is 2.91. The molecule has 24 heavy (non-hydrogen) atoms. The number of hydrogen-bond acceptors (Lipinski definition) is 3. The molecule has 1 aromatic carbocycles. The first-order valence-corrected chi connectivity index (χ1v) is 8.05. The van der Waals surface area contributed by atoms with E-state index in [1.54, 1.807) is 18.2 Å². The maximum absolute atomic E-state index is 12.4. The molecule has 1 heterocycles. The van der Waals surface area contributed by atoms with Crippen molar-refractivity contribution in [3.8, 4) is 0 Å². The molecule has 0 aromatic heterocycles. The first-order valence-electron chi connectivity index (χ1n) is 8.05. The summed E-state index contributed by atoms with van der Waals surface area (Å²) in [4.78, 5) is 37.3. The van der Waals surface area contributed by atoms with E-state index in [0.29, 0.717) is 24.1 Å². The van der Waals surface area contributed by atoms with E-state index in [0.717, 1.165) is 18.4 Å². The molecule has 6 nitrogen and oxygen atoms in total. The lowest BCUT2D eigenvalue weighted by Crippen LogP contribution is -2.50. The highest BCUT2D eigenvalue weighted by Crippen LogP contribution is 2.34. The molecule has 0 unspecified atom stereocenters. The Morgan fingerprint density at radius 3 is 2.42 bits per heavy atom. The first-order chi connectivity index (χ1) is 11.4. The molecular weight excluding hydrogens is 308 g/mol. The summed E-state index contributed by atoms with van der Waals surface area (Å²) in [6.07, 6.45) is 3.01. The van der Waals surface area contributed by atoms with Crippen LogP contribution in [-0.4, -0.2) is 39.9 Å². The van der Waals surface area contributed by atoms with Crippen LogP contribution in [0.5, 0.6) is 0 Å². The van der Waals surface area contributed by atoms with Crippen molar-refractivity contribution >= 4 is 23.5 Å². The molecule has 126 valence electrons. The molecule has 2 N–H and O–H groups in total. The van der Waals surface area contributed by atoms with Crippen molar-refractivity contribution in [2.75, 3.05) is 6.54 Å². The number of amides is 2. The fourth-order valence-electron chi connectivity index (χ4n) is 3.67. The van der Waals surface area contributed by atoms with Gasteiger partial charge in [-0.1, -0.05) is 37.6 Å². The molecule has 1 aliphatic heterocycles. The van der Waals surface area contributed by atoms with Crippen LogP contribution in [0.3, 0.4) is 0 Å². The van der Waals surface area contributed by atoms with Crippen LogP contribution in [0.2, 0.25) is 0 Å². The Balaban J connectivity index is 1.70. The fourth-order valence-corrected chi connectivity index (χ4v) is 3.67. The second-order valence-electron chi connectivity index (χ2n) is 6.49. The lowest BCUT2D eigenvalue weighted by molar-refractivity contribution is -0.139. The van der Waals surface area contributed by atoms with Crippen LogP contribution in [0.4, 0.5) is 0 Å². The number of nitrogens with zero attached hydrogens (tertiary/aromatic N) is 1. The second-order valence-corrected chi connectivity index (χ2v) is 6.49. The first kappa shape index (κ1) is 16.2. The summed E-state index contributed by atoms with van der Waals surface area (Å²) in [5.74, 6) is -1.52. The predicted octanol–water partition coefficient (Wildman–Crippen LogP) is 2.02. The average molecular weight is 328 g/mol. The third-order valence-electron chi connectivity index (χ3n) is 4.80. The van der Waals surface area contributed by atoms with Crippen molar-refractivity contribution in [3.63, 3.8) is 0 Å². The van der Waals surface area contributed by atoms with Crippen molar-refractivity contribution in [3.05, 3.63) is 42.0 Å². The highest BCUT2D eigenvalue weighted by Gasteiger charge is 2.39. The van der Waals surface area contributed by atoms with Crippen LogP contribution in [0, 0.1) is 0 Å². The Morgan fingerprint density at radius 1 is 1.21 bits per heavy atom. The SMILES string of the molecule is C=C1c2ccccc2C(=O)N1CC(=O)NC1(CC(=O)O)CCCC1. The lowest BCUT2D eigenvalue weighted by Gasteiger charge is -2.29. The molecule has 0 bridgehead atoms. The molecule has 0 saturated heterocycles. The van der Waals surface area contributed by atoms with Crippen LogP contribution < -0.4 is 5.32 Å². The van der Waals surface area contributed by atoms with Crippen molar-refractivity contribution in [2.45, 2.75) is 37.6 Å². The smallest absolute Gasteiger partial charge is 0.305 e. The average Bonchev–Trinajstić information content (AvgIpc) is 3.06. The van der Waals surface area contributed by atoms with E-state index >= 15 is 0 Å². The number of benzene rings is 1. The highest BCUT2D eigenvalue weighted by atomic mass is 16.4. The Hall–Kier alpha value is -2.63. The molecule has 3 rings (SSSR count). The Kier molecular flexibility index (Phi) is 4.13. The van der Waals surface area contributed by atoms with Gasteiger partial charge < -0.3 is 10.4 Å². The summed E-state index contributed by atoms with van der Waals surface area (Å²) < 4.78 is 0. The van der Waals surface area contributed by atoms with Crippen LogP contribution in [0.15, 0.2) is 30.8 Å². The number of hydrogen-bond donors (Lipinski definition) is 2. The molecule has 0 atom stereocenters. The molecule has 0 spiro atoms. The van der Waals surface area contributed by atoms with Gasteiger partial charge in [0.2, 0.25) is 5.91 Å². The number of carboxylic acids is 1. The van der Waals surface area contributed by atoms with Crippen molar-refractivity contribution in [1.29, 1.82) is 0 Å². The number of fused-ring (bicyclic) bond motifs is 1. The fraction of sp³-hybridized carbons (Fsp3) is 0.389. The second kappa shape index (κ2) is 6.11. The molecule has 2 aliphatic rings. The minimum Gasteiger partial charge on any atom is -0.481 e. The summed E-state index contributed by atoms with van der Waals surface area (Å²) in [6.45, 7) is 3.76. The van der Waals surface area contributed by atoms with Gasteiger partial charge in [-0.05, 0) is 18.9 Å². The van der Waals surface area contributed by atoms with Crippen LogP contribution in [0.25, 0.3) is 5.70 Å². The van der Waals surface area contributed by atoms with Crippen molar-refractivity contribution in [1.82, 2.24) is 10.2 Å². The number of carbonyl (C=O) groups excluding carboxylic acids is 2. The van der Waals surface area contributed by atoms with Gasteiger partial charge in [-0.15, -0.1) is 0 Å². The number of carboxylic acid groups (broad SMARTS) is 1. The van der Waals surface area contributed by atoms with E-state index in [1.807, 2.05) is 6.07 Å². The minimum absolute atomic E-state index is 0.0894. The van der Waals surface area contributed by atoms with E-state index in [9.17, 15) is 14.4 Å². The van der Waals surface area contributed by atoms with Gasteiger partial charge in [-0.3, -0.25) is 19.3 Å². The summed E-state index contributed by atoms with van der Waals surface area (Å²) in [5, 5.41) is 12.0. The Bertz CT molecular complexity index is 684. The third-order valence-corrected chi connectivity index (χ3v) is 4.80. The van der Waals surface area contributed by atoms with Gasteiger partial charge in [0.15, 0.2) is 0 Å². The van der Waals surface area contributed by atoms with Gasteiger partial charge in [0, 0.05) is 16.8 Å². The van der Waals surface area contributed by atoms with Gasteiger partial charge >= 0.3 is 5.97 Å². The molecule has 1 aromatic rings. The molecule has 1 fully saturated rings. The number of aliphatic carboxylic acids is 1. The highest BCUT2D eigenvalue weighted by molar-refractivity contribution is 6.10. The molecule has 1 saturated carbocycles. The maximum Gasteiger partial charge on any atom is 0.305 e. The van der Waals surface area contributed by atoms with Crippen molar-refractivity contribution < 1.29 is 19.5 Å². The van der Waals surface area contributed by atoms with E-state index in [-0.39, 0.29) is 24.8 Å².